The highest BCUT2D eigenvalue weighted by molar-refractivity contribution is 6.29. The molecule has 1 amide bonds. The van der Waals surface area contributed by atoms with Crippen molar-refractivity contribution in [2.24, 2.45) is 0 Å². The Hall–Kier alpha value is -1.44. The van der Waals surface area contributed by atoms with E-state index in [1.165, 1.54) is 6.20 Å². The first kappa shape index (κ1) is 17.9. The first-order valence-electron chi connectivity index (χ1n) is 7.85. The minimum atomic E-state index is -0.134. The average Bonchev–Trinajstić information content (AvgIpc) is 2.58. The lowest BCUT2D eigenvalue weighted by atomic mass is 10.2. The molecule has 0 aliphatic carbocycles. The Bertz CT molecular complexity index is 508. The van der Waals surface area contributed by atoms with Gasteiger partial charge >= 0.3 is 0 Å². The highest BCUT2D eigenvalue weighted by Gasteiger charge is 2.25. The fraction of sp³-hybridized carbons (Fsp3) is 0.667. The van der Waals surface area contributed by atoms with Crippen LogP contribution in [0, 0.1) is 0 Å². The van der Waals surface area contributed by atoms with Crippen molar-refractivity contribution in [3.8, 4) is 0 Å². The Balaban J connectivity index is 1.78. The molecule has 1 aromatic rings. The predicted octanol–water partition coefficient (Wildman–Crippen LogP) is 0.793. The molecule has 1 atom stereocenters. The molecule has 8 heteroatoms. The van der Waals surface area contributed by atoms with Gasteiger partial charge in [-0.1, -0.05) is 11.6 Å². The number of nitrogens with one attached hydrogen (secondary N) is 1. The molecular weight excluding hydrogens is 318 g/mol. The second-order valence-electron chi connectivity index (χ2n) is 5.54. The number of methoxy groups -OCH3 is 1. The number of hydrogen-bond acceptors (Lipinski definition) is 6. The molecule has 0 unspecified atom stereocenters. The van der Waals surface area contributed by atoms with E-state index in [1.54, 1.807) is 13.3 Å². The van der Waals surface area contributed by atoms with Crippen LogP contribution >= 0.6 is 11.6 Å². The van der Waals surface area contributed by atoms with Crippen LogP contribution in [0.3, 0.4) is 0 Å². The van der Waals surface area contributed by atoms with E-state index in [0.717, 1.165) is 38.4 Å². The highest BCUT2D eigenvalue weighted by atomic mass is 35.5. The molecule has 0 bridgehead atoms. The quantitative estimate of drug-likeness (QED) is 0.739. The van der Waals surface area contributed by atoms with Crippen molar-refractivity contribution in [1.82, 2.24) is 20.2 Å². The number of carbonyl (C=O) groups is 1. The molecule has 1 aromatic heterocycles. The van der Waals surface area contributed by atoms with Gasteiger partial charge in [-0.25, -0.2) is 4.98 Å². The molecule has 2 heterocycles. The fourth-order valence-corrected chi connectivity index (χ4v) is 2.71. The van der Waals surface area contributed by atoms with Crippen molar-refractivity contribution >= 4 is 23.3 Å². The van der Waals surface area contributed by atoms with E-state index in [4.69, 9.17) is 16.3 Å². The summed E-state index contributed by atoms with van der Waals surface area (Å²) in [6.45, 7) is 6.47. The van der Waals surface area contributed by atoms with Crippen molar-refractivity contribution in [2.75, 3.05) is 51.3 Å². The van der Waals surface area contributed by atoms with E-state index in [-0.39, 0.29) is 11.9 Å². The third kappa shape index (κ3) is 5.30. The Kier molecular flexibility index (Phi) is 7.01. The Morgan fingerprint density at radius 1 is 1.39 bits per heavy atom. The van der Waals surface area contributed by atoms with E-state index < -0.39 is 0 Å². The van der Waals surface area contributed by atoms with Crippen LogP contribution in [0.25, 0.3) is 0 Å². The van der Waals surface area contributed by atoms with Crippen molar-refractivity contribution in [3.05, 3.63) is 17.5 Å². The van der Waals surface area contributed by atoms with Gasteiger partial charge in [-0.05, 0) is 13.3 Å². The van der Waals surface area contributed by atoms with Crippen LogP contribution in [-0.2, 0) is 9.53 Å². The molecule has 0 saturated carbocycles. The van der Waals surface area contributed by atoms with Crippen LogP contribution in [0.4, 0.5) is 5.82 Å². The monoisotopic (exact) mass is 341 g/mol. The van der Waals surface area contributed by atoms with Gasteiger partial charge in [-0.15, -0.1) is 0 Å². The van der Waals surface area contributed by atoms with Gasteiger partial charge in [0, 0.05) is 46.4 Å². The first-order valence-corrected chi connectivity index (χ1v) is 8.23. The number of ether oxygens (including phenoxy) is 1. The Morgan fingerprint density at radius 2 is 2.13 bits per heavy atom. The Labute approximate surface area is 142 Å². The molecule has 1 saturated heterocycles. The second-order valence-corrected chi connectivity index (χ2v) is 5.92. The number of carbonyl (C=O) groups excluding carboxylic acids is 1. The summed E-state index contributed by atoms with van der Waals surface area (Å²) in [5.41, 5.74) is 0. The number of piperazine rings is 1. The average molecular weight is 342 g/mol. The van der Waals surface area contributed by atoms with Gasteiger partial charge in [0.2, 0.25) is 5.91 Å². The minimum Gasteiger partial charge on any atom is -0.385 e. The molecule has 1 N–H and O–H groups in total. The van der Waals surface area contributed by atoms with Gasteiger partial charge in [0.1, 0.15) is 11.0 Å². The van der Waals surface area contributed by atoms with E-state index in [2.05, 4.69) is 25.1 Å². The van der Waals surface area contributed by atoms with E-state index in [0.29, 0.717) is 18.3 Å². The van der Waals surface area contributed by atoms with Crippen LogP contribution in [-0.4, -0.2) is 73.3 Å². The molecule has 1 aliphatic heterocycles. The lowest BCUT2D eigenvalue weighted by Gasteiger charge is -2.37. The Morgan fingerprint density at radius 3 is 2.78 bits per heavy atom. The zero-order chi connectivity index (χ0) is 16.7. The lowest BCUT2D eigenvalue weighted by molar-refractivity contribution is -0.126. The summed E-state index contributed by atoms with van der Waals surface area (Å²) in [5, 5.41) is 3.35. The lowest BCUT2D eigenvalue weighted by Crippen LogP contribution is -2.54. The third-order valence-corrected chi connectivity index (χ3v) is 4.16. The van der Waals surface area contributed by atoms with Crippen LogP contribution < -0.4 is 10.2 Å². The predicted molar refractivity (Wildman–Crippen MR) is 89.8 cm³/mol. The SMILES string of the molecule is COCCCNC(=O)[C@@H](C)N1CCN(c2cncc(Cl)n2)CC1. The number of amides is 1. The molecular formula is C15H24ClN5O2. The number of rotatable bonds is 7. The van der Waals surface area contributed by atoms with E-state index in [9.17, 15) is 4.79 Å². The molecule has 1 aliphatic rings. The molecule has 7 nitrogen and oxygen atoms in total. The zero-order valence-corrected chi connectivity index (χ0v) is 14.4. The maximum Gasteiger partial charge on any atom is 0.237 e. The maximum absolute atomic E-state index is 12.2. The van der Waals surface area contributed by atoms with Gasteiger partial charge in [-0.2, -0.15) is 0 Å². The van der Waals surface area contributed by atoms with Crippen molar-refractivity contribution in [2.45, 2.75) is 19.4 Å². The number of anilines is 1. The normalized spacial score (nSPS) is 17.1. The molecule has 0 radical (unpaired) electrons. The summed E-state index contributed by atoms with van der Waals surface area (Å²) in [6, 6.07) is -0.134. The van der Waals surface area contributed by atoms with Crippen molar-refractivity contribution < 1.29 is 9.53 Å². The number of halogens is 1. The summed E-state index contributed by atoms with van der Waals surface area (Å²) in [5.74, 6) is 0.853. The molecule has 2 rings (SSSR count). The summed E-state index contributed by atoms with van der Waals surface area (Å²) < 4.78 is 4.98. The minimum absolute atomic E-state index is 0.0668. The smallest absolute Gasteiger partial charge is 0.237 e. The third-order valence-electron chi connectivity index (χ3n) is 3.98. The van der Waals surface area contributed by atoms with Gasteiger partial charge < -0.3 is 15.0 Å². The molecule has 23 heavy (non-hydrogen) atoms. The zero-order valence-electron chi connectivity index (χ0n) is 13.7. The van der Waals surface area contributed by atoms with E-state index >= 15 is 0 Å². The largest absolute Gasteiger partial charge is 0.385 e. The molecule has 128 valence electrons. The number of hydrogen-bond donors (Lipinski definition) is 1. The summed E-state index contributed by atoms with van der Waals surface area (Å²) in [6.07, 6.45) is 4.07. The second kappa shape index (κ2) is 9.00. The first-order chi connectivity index (χ1) is 11.1. The topological polar surface area (TPSA) is 70.6 Å². The van der Waals surface area contributed by atoms with Crippen molar-refractivity contribution in [3.63, 3.8) is 0 Å². The standard InChI is InChI=1S/C15H24ClN5O2/c1-12(15(22)18-4-3-9-23-2)20-5-7-21(8-6-20)14-11-17-10-13(16)19-14/h10-12H,3-9H2,1-2H3,(H,18,22)/t12-/m1/s1. The fourth-order valence-electron chi connectivity index (χ4n) is 2.56. The molecule has 0 aromatic carbocycles. The van der Waals surface area contributed by atoms with Crippen LogP contribution in [0.5, 0.6) is 0 Å². The van der Waals surface area contributed by atoms with Crippen LogP contribution in [0.1, 0.15) is 13.3 Å². The van der Waals surface area contributed by atoms with Crippen molar-refractivity contribution in [1.29, 1.82) is 0 Å². The van der Waals surface area contributed by atoms with Gasteiger partial charge in [0.25, 0.3) is 0 Å². The van der Waals surface area contributed by atoms with Crippen LogP contribution in [0.15, 0.2) is 12.4 Å². The summed E-state index contributed by atoms with van der Waals surface area (Å²) in [4.78, 5) is 24.8. The number of nitrogens with zero attached hydrogens (tertiary/aromatic N) is 4. The van der Waals surface area contributed by atoms with Gasteiger partial charge in [-0.3, -0.25) is 14.7 Å². The maximum atomic E-state index is 12.2. The van der Waals surface area contributed by atoms with Crippen LogP contribution in [0.2, 0.25) is 5.15 Å². The summed E-state index contributed by atoms with van der Waals surface area (Å²) in [7, 11) is 1.66. The van der Waals surface area contributed by atoms with Gasteiger partial charge in [0.05, 0.1) is 18.4 Å². The molecule has 0 spiro atoms. The molecule has 1 fully saturated rings. The number of aromatic nitrogens is 2. The van der Waals surface area contributed by atoms with E-state index in [1.807, 2.05) is 6.92 Å². The highest BCUT2D eigenvalue weighted by Crippen LogP contribution is 2.16. The van der Waals surface area contributed by atoms with Gasteiger partial charge in [0.15, 0.2) is 0 Å². The summed E-state index contributed by atoms with van der Waals surface area (Å²) >= 11 is 5.88.